The number of nitrogens with two attached hydrogens (primary N) is 1. The normalized spacial score (nSPS) is 15.1. The Morgan fingerprint density at radius 3 is 2.57 bits per heavy atom. The summed E-state index contributed by atoms with van der Waals surface area (Å²) in [5, 5.41) is 0. The molecule has 0 saturated heterocycles. The Morgan fingerprint density at radius 2 is 2.00 bits per heavy atom. The van der Waals surface area contributed by atoms with Crippen LogP contribution in [0.15, 0.2) is 24.3 Å². The van der Waals surface area contributed by atoms with E-state index in [-0.39, 0.29) is 6.04 Å². The summed E-state index contributed by atoms with van der Waals surface area (Å²) in [6, 6.07) is 8.78. The Morgan fingerprint density at radius 1 is 1.29 bits per heavy atom. The van der Waals surface area contributed by atoms with Gasteiger partial charge in [0, 0.05) is 6.04 Å². The zero-order chi connectivity index (χ0) is 10.6. The second-order valence-corrected chi connectivity index (χ2v) is 4.25. The monoisotopic (exact) mass is 191 g/mol. The molecule has 0 aliphatic heterocycles. The highest BCUT2D eigenvalue weighted by Gasteiger charge is 2.03. The molecule has 0 aromatic heterocycles. The van der Waals surface area contributed by atoms with E-state index in [1.807, 2.05) is 6.92 Å². The maximum atomic E-state index is 5.85. The lowest BCUT2D eigenvalue weighted by atomic mass is 9.96. The van der Waals surface area contributed by atoms with Crippen molar-refractivity contribution in [3.63, 3.8) is 0 Å². The molecule has 1 heteroatoms. The predicted octanol–water partition coefficient (Wildman–Crippen LogP) is 3.29. The van der Waals surface area contributed by atoms with Crippen LogP contribution in [0.1, 0.15) is 44.4 Å². The van der Waals surface area contributed by atoms with E-state index in [1.165, 1.54) is 17.5 Å². The summed E-state index contributed by atoms with van der Waals surface area (Å²) in [6.45, 7) is 6.56. The highest BCUT2D eigenvalue weighted by Crippen LogP contribution is 2.16. The van der Waals surface area contributed by atoms with Crippen LogP contribution >= 0.6 is 0 Å². The first-order valence-electron chi connectivity index (χ1n) is 5.48. The SMILES string of the molecule is CCC(C)Cc1cccc(C(C)N)c1. The maximum absolute atomic E-state index is 5.85. The third kappa shape index (κ3) is 3.15. The van der Waals surface area contributed by atoms with Gasteiger partial charge in [-0.2, -0.15) is 0 Å². The number of rotatable bonds is 4. The molecule has 0 amide bonds. The first-order chi connectivity index (χ1) is 6.63. The molecule has 0 aliphatic rings. The first kappa shape index (κ1) is 11.3. The van der Waals surface area contributed by atoms with Crippen molar-refractivity contribution in [2.45, 2.75) is 39.7 Å². The molecule has 0 saturated carbocycles. The van der Waals surface area contributed by atoms with Gasteiger partial charge in [-0.3, -0.25) is 0 Å². The summed E-state index contributed by atoms with van der Waals surface area (Å²) >= 11 is 0. The van der Waals surface area contributed by atoms with E-state index in [4.69, 9.17) is 5.73 Å². The molecule has 2 N–H and O–H groups in total. The zero-order valence-corrected chi connectivity index (χ0v) is 9.46. The lowest BCUT2D eigenvalue weighted by molar-refractivity contribution is 0.559. The molecule has 1 aromatic rings. The van der Waals surface area contributed by atoms with E-state index in [1.54, 1.807) is 0 Å². The Kier molecular flexibility index (Phi) is 4.15. The van der Waals surface area contributed by atoms with E-state index in [0.717, 1.165) is 12.3 Å². The van der Waals surface area contributed by atoms with Crippen molar-refractivity contribution in [1.82, 2.24) is 0 Å². The fourth-order valence-electron chi connectivity index (χ4n) is 1.55. The van der Waals surface area contributed by atoms with Crippen LogP contribution < -0.4 is 5.73 Å². The molecule has 0 heterocycles. The average molecular weight is 191 g/mol. The van der Waals surface area contributed by atoms with Crippen molar-refractivity contribution in [3.8, 4) is 0 Å². The van der Waals surface area contributed by atoms with Crippen molar-refractivity contribution in [2.24, 2.45) is 11.7 Å². The average Bonchev–Trinajstić information content (AvgIpc) is 2.18. The highest BCUT2D eigenvalue weighted by atomic mass is 14.6. The number of hydrogen-bond acceptors (Lipinski definition) is 1. The van der Waals surface area contributed by atoms with E-state index in [2.05, 4.69) is 38.1 Å². The summed E-state index contributed by atoms with van der Waals surface area (Å²) < 4.78 is 0. The van der Waals surface area contributed by atoms with Crippen LogP contribution in [0.2, 0.25) is 0 Å². The molecule has 1 rings (SSSR count). The summed E-state index contributed by atoms with van der Waals surface area (Å²) in [4.78, 5) is 0. The van der Waals surface area contributed by atoms with Gasteiger partial charge in [0.25, 0.3) is 0 Å². The van der Waals surface area contributed by atoms with Crippen molar-refractivity contribution < 1.29 is 0 Å². The fraction of sp³-hybridized carbons (Fsp3) is 0.538. The van der Waals surface area contributed by atoms with Gasteiger partial charge in [-0.05, 0) is 30.4 Å². The van der Waals surface area contributed by atoms with E-state index >= 15 is 0 Å². The predicted molar refractivity (Wildman–Crippen MR) is 62.2 cm³/mol. The Balaban J connectivity index is 2.73. The van der Waals surface area contributed by atoms with E-state index < -0.39 is 0 Å². The lowest BCUT2D eigenvalue weighted by Crippen LogP contribution is -2.06. The Labute approximate surface area is 87.3 Å². The molecule has 0 spiro atoms. The summed E-state index contributed by atoms with van der Waals surface area (Å²) in [6.07, 6.45) is 2.40. The van der Waals surface area contributed by atoms with Gasteiger partial charge in [-0.1, -0.05) is 44.5 Å². The Hall–Kier alpha value is -0.820. The molecular weight excluding hydrogens is 170 g/mol. The molecule has 1 nitrogen and oxygen atoms in total. The lowest BCUT2D eigenvalue weighted by Gasteiger charge is -2.11. The van der Waals surface area contributed by atoms with Crippen LogP contribution in [0.5, 0.6) is 0 Å². The first-order valence-corrected chi connectivity index (χ1v) is 5.48. The molecule has 0 fully saturated rings. The molecule has 14 heavy (non-hydrogen) atoms. The summed E-state index contributed by atoms with van der Waals surface area (Å²) in [5.74, 6) is 0.762. The topological polar surface area (TPSA) is 26.0 Å². The summed E-state index contributed by atoms with van der Waals surface area (Å²) in [7, 11) is 0. The fourth-order valence-corrected chi connectivity index (χ4v) is 1.55. The third-order valence-corrected chi connectivity index (χ3v) is 2.76. The number of hydrogen-bond donors (Lipinski definition) is 1. The zero-order valence-electron chi connectivity index (χ0n) is 9.46. The Bertz CT molecular complexity index is 278. The largest absolute Gasteiger partial charge is 0.324 e. The molecule has 1 aromatic carbocycles. The second-order valence-electron chi connectivity index (χ2n) is 4.25. The minimum atomic E-state index is 0.145. The summed E-state index contributed by atoms with van der Waals surface area (Å²) in [5.41, 5.74) is 8.50. The minimum absolute atomic E-state index is 0.145. The van der Waals surface area contributed by atoms with Gasteiger partial charge in [0.2, 0.25) is 0 Å². The van der Waals surface area contributed by atoms with Gasteiger partial charge >= 0.3 is 0 Å². The molecular formula is C13H21N. The van der Waals surface area contributed by atoms with Crippen LogP contribution in [0.25, 0.3) is 0 Å². The van der Waals surface area contributed by atoms with Gasteiger partial charge < -0.3 is 5.73 Å². The van der Waals surface area contributed by atoms with Gasteiger partial charge in [0.1, 0.15) is 0 Å². The van der Waals surface area contributed by atoms with Crippen LogP contribution in [0.3, 0.4) is 0 Å². The van der Waals surface area contributed by atoms with Gasteiger partial charge in [0.15, 0.2) is 0 Å². The molecule has 0 aliphatic carbocycles. The molecule has 0 radical (unpaired) electrons. The van der Waals surface area contributed by atoms with Gasteiger partial charge in [0.05, 0.1) is 0 Å². The standard InChI is InChI=1S/C13H21N/c1-4-10(2)8-12-6-5-7-13(9-12)11(3)14/h5-7,9-11H,4,8,14H2,1-3H3. The maximum Gasteiger partial charge on any atom is 0.0266 e. The second kappa shape index (κ2) is 5.16. The molecule has 2 unspecified atom stereocenters. The van der Waals surface area contributed by atoms with Crippen molar-refractivity contribution in [3.05, 3.63) is 35.4 Å². The quantitative estimate of drug-likeness (QED) is 0.776. The van der Waals surface area contributed by atoms with Gasteiger partial charge in [-0.15, -0.1) is 0 Å². The molecule has 2 atom stereocenters. The van der Waals surface area contributed by atoms with Crippen molar-refractivity contribution in [2.75, 3.05) is 0 Å². The van der Waals surface area contributed by atoms with Gasteiger partial charge in [-0.25, -0.2) is 0 Å². The number of benzene rings is 1. The van der Waals surface area contributed by atoms with Crippen molar-refractivity contribution >= 4 is 0 Å². The molecule has 0 bridgehead atoms. The third-order valence-electron chi connectivity index (χ3n) is 2.76. The van der Waals surface area contributed by atoms with E-state index in [9.17, 15) is 0 Å². The van der Waals surface area contributed by atoms with Crippen LogP contribution in [0, 0.1) is 5.92 Å². The van der Waals surface area contributed by atoms with Crippen molar-refractivity contribution in [1.29, 1.82) is 0 Å². The minimum Gasteiger partial charge on any atom is -0.324 e. The van der Waals surface area contributed by atoms with Crippen LogP contribution in [-0.2, 0) is 6.42 Å². The smallest absolute Gasteiger partial charge is 0.0266 e. The van der Waals surface area contributed by atoms with Crippen LogP contribution in [-0.4, -0.2) is 0 Å². The highest BCUT2D eigenvalue weighted by molar-refractivity contribution is 5.25. The van der Waals surface area contributed by atoms with E-state index in [0.29, 0.717) is 0 Å². The van der Waals surface area contributed by atoms with Crippen LogP contribution in [0.4, 0.5) is 0 Å². The molecule has 78 valence electrons.